The molecule has 0 saturated heterocycles. The summed E-state index contributed by atoms with van der Waals surface area (Å²) in [4.78, 5) is 12.1. The van der Waals surface area contributed by atoms with Crippen molar-refractivity contribution in [2.75, 3.05) is 5.32 Å². The Morgan fingerprint density at radius 3 is 2.55 bits per heavy atom. The summed E-state index contributed by atoms with van der Waals surface area (Å²) in [6, 6.07) is 14.7. The fourth-order valence-corrected chi connectivity index (χ4v) is 1.99. The standard InChI is InChI=1S/C16H16ClNO2/c1-11-8-9-15(14(17)10-11)18-16(19)12(2)20-13-6-4-3-5-7-13/h3-10,12H,1-2H3,(H,18,19)/t12-/m0/s1. The maximum Gasteiger partial charge on any atom is 0.265 e. The lowest BCUT2D eigenvalue weighted by atomic mass is 10.2. The number of nitrogens with one attached hydrogen (secondary N) is 1. The van der Waals surface area contributed by atoms with Crippen molar-refractivity contribution in [1.82, 2.24) is 0 Å². The summed E-state index contributed by atoms with van der Waals surface area (Å²) in [7, 11) is 0. The van der Waals surface area contributed by atoms with Crippen LogP contribution in [0.1, 0.15) is 12.5 Å². The smallest absolute Gasteiger partial charge is 0.265 e. The maximum absolute atomic E-state index is 12.1. The first-order valence-electron chi connectivity index (χ1n) is 6.35. The van der Waals surface area contributed by atoms with Gasteiger partial charge in [-0.2, -0.15) is 0 Å². The third-order valence-electron chi connectivity index (χ3n) is 2.81. The Morgan fingerprint density at radius 1 is 1.20 bits per heavy atom. The summed E-state index contributed by atoms with van der Waals surface area (Å²) in [6.45, 7) is 3.64. The molecule has 2 aromatic carbocycles. The fraction of sp³-hybridized carbons (Fsp3) is 0.188. The van der Waals surface area contributed by atoms with Gasteiger partial charge in [-0.05, 0) is 43.7 Å². The van der Waals surface area contributed by atoms with Gasteiger partial charge in [0.25, 0.3) is 5.91 Å². The monoisotopic (exact) mass is 289 g/mol. The molecule has 4 heteroatoms. The average Bonchev–Trinajstić information content (AvgIpc) is 2.43. The van der Waals surface area contributed by atoms with E-state index in [9.17, 15) is 4.79 Å². The highest BCUT2D eigenvalue weighted by Gasteiger charge is 2.15. The highest BCUT2D eigenvalue weighted by Crippen LogP contribution is 2.23. The lowest BCUT2D eigenvalue weighted by Gasteiger charge is -2.15. The zero-order chi connectivity index (χ0) is 14.5. The van der Waals surface area contributed by atoms with Crippen molar-refractivity contribution in [3.63, 3.8) is 0 Å². The summed E-state index contributed by atoms with van der Waals surface area (Å²) in [6.07, 6.45) is -0.602. The third-order valence-corrected chi connectivity index (χ3v) is 3.12. The second-order valence-corrected chi connectivity index (χ2v) is 4.95. The molecule has 1 atom stereocenters. The van der Waals surface area contributed by atoms with Crippen molar-refractivity contribution in [3.05, 3.63) is 59.1 Å². The molecule has 20 heavy (non-hydrogen) atoms. The summed E-state index contributed by atoms with van der Waals surface area (Å²) >= 11 is 6.08. The summed E-state index contributed by atoms with van der Waals surface area (Å²) in [5.41, 5.74) is 1.63. The molecule has 0 radical (unpaired) electrons. The van der Waals surface area contributed by atoms with Crippen LogP contribution < -0.4 is 10.1 Å². The topological polar surface area (TPSA) is 38.3 Å². The molecule has 0 aliphatic rings. The van der Waals surface area contributed by atoms with Crippen molar-refractivity contribution in [2.24, 2.45) is 0 Å². The van der Waals surface area contributed by atoms with Crippen LogP contribution in [0.25, 0.3) is 0 Å². The Labute approximate surface area is 123 Å². The molecule has 0 saturated carbocycles. The number of amides is 1. The van der Waals surface area contributed by atoms with Gasteiger partial charge in [-0.3, -0.25) is 4.79 Å². The minimum atomic E-state index is -0.602. The van der Waals surface area contributed by atoms with Crippen LogP contribution in [0.15, 0.2) is 48.5 Å². The normalized spacial score (nSPS) is 11.8. The van der Waals surface area contributed by atoms with Crippen LogP contribution in [-0.2, 0) is 4.79 Å². The maximum atomic E-state index is 12.1. The van der Waals surface area contributed by atoms with E-state index in [2.05, 4.69) is 5.32 Å². The molecule has 0 unspecified atom stereocenters. The van der Waals surface area contributed by atoms with E-state index in [4.69, 9.17) is 16.3 Å². The van der Waals surface area contributed by atoms with E-state index >= 15 is 0 Å². The van der Waals surface area contributed by atoms with Crippen molar-refractivity contribution < 1.29 is 9.53 Å². The second-order valence-electron chi connectivity index (χ2n) is 4.55. The quantitative estimate of drug-likeness (QED) is 0.922. The van der Waals surface area contributed by atoms with E-state index < -0.39 is 6.10 Å². The van der Waals surface area contributed by atoms with Gasteiger partial charge in [0, 0.05) is 0 Å². The number of hydrogen-bond acceptors (Lipinski definition) is 2. The highest BCUT2D eigenvalue weighted by molar-refractivity contribution is 6.33. The first kappa shape index (κ1) is 14.4. The van der Waals surface area contributed by atoms with Gasteiger partial charge in [0.05, 0.1) is 10.7 Å². The van der Waals surface area contributed by atoms with E-state index in [1.807, 2.05) is 43.3 Å². The molecular formula is C16H16ClNO2. The number of hydrogen-bond donors (Lipinski definition) is 1. The molecule has 104 valence electrons. The fourth-order valence-electron chi connectivity index (χ4n) is 1.71. The predicted octanol–water partition coefficient (Wildman–Crippen LogP) is 4.05. The predicted molar refractivity (Wildman–Crippen MR) is 81.4 cm³/mol. The molecule has 2 rings (SSSR count). The van der Waals surface area contributed by atoms with Crippen molar-refractivity contribution >= 4 is 23.2 Å². The third kappa shape index (κ3) is 3.75. The van der Waals surface area contributed by atoms with Crippen LogP contribution in [-0.4, -0.2) is 12.0 Å². The molecule has 0 fully saturated rings. The lowest BCUT2D eigenvalue weighted by Crippen LogP contribution is -2.30. The minimum Gasteiger partial charge on any atom is -0.481 e. The van der Waals surface area contributed by atoms with Gasteiger partial charge in [0.1, 0.15) is 5.75 Å². The molecule has 0 aliphatic heterocycles. The number of carbonyl (C=O) groups excluding carboxylic acids is 1. The first-order valence-corrected chi connectivity index (χ1v) is 6.73. The van der Waals surface area contributed by atoms with Gasteiger partial charge >= 0.3 is 0 Å². The largest absolute Gasteiger partial charge is 0.481 e. The Bertz CT molecular complexity index is 599. The van der Waals surface area contributed by atoms with E-state index in [-0.39, 0.29) is 5.91 Å². The SMILES string of the molecule is Cc1ccc(NC(=O)[C@H](C)Oc2ccccc2)c(Cl)c1. The molecule has 0 aliphatic carbocycles. The zero-order valence-electron chi connectivity index (χ0n) is 11.4. The molecule has 3 nitrogen and oxygen atoms in total. The number of benzene rings is 2. The van der Waals surface area contributed by atoms with Crippen molar-refractivity contribution in [2.45, 2.75) is 20.0 Å². The summed E-state index contributed by atoms with van der Waals surface area (Å²) in [5, 5.41) is 3.28. The second kappa shape index (κ2) is 6.44. The van der Waals surface area contributed by atoms with Gasteiger partial charge in [-0.25, -0.2) is 0 Å². The van der Waals surface area contributed by atoms with Gasteiger partial charge < -0.3 is 10.1 Å². The number of carbonyl (C=O) groups is 1. The molecule has 0 aromatic heterocycles. The van der Waals surface area contributed by atoms with Crippen LogP contribution in [0.4, 0.5) is 5.69 Å². The zero-order valence-corrected chi connectivity index (χ0v) is 12.1. The molecule has 1 amide bonds. The van der Waals surface area contributed by atoms with Gasteiger partial charge in [-0.1, -0.05) is 35.9 Å². The molecular weight excluding hydrogens is 274 g/mol. The van der Waals surface area contributed by atoms with Crippen LogP contribution in [0.2, 0.25) is 5.02 Å². The molecule has 0 bridgehead atoms. The number of anilines is 1. The Hall–Kier alpha value is -2.00. The number of aryl methyl sites for hydroxylation is 1. The Kier molecular flexibility index (Phi) is 4.64. The van der Waals surface area contributed by atoms with Crippen LogP contribution in [0, 0.1) is 6.92 Å². The highest BCUT2D eigenvalue weighted by atomic mass is 35.5. The number of halogens is 1. The summed E-state index contributed by atoms with van der Waals surface area (Å²) in [5.74, 6) is 0.421. The molecule has 1 N–H and O–H groups in total. The van der Waals surface area contributed by atoms with E-state index in [1.165, 1.54) is 0 Å². The first-order chi connectivity index (χ1) is 9.56. The molecule has 0 spiro atoms. The van der Waals surface area contributed by atoms with E-state index in [0.717, 1.165) is 5.56 Å². The summed E-state index contributed by atoms with van der Waals surface area (Å²) < 4.78 is 5.56. The van der Waals surface area contributed by atoms with Crippen molar-refractivity contribution in [1.29, 1.82) is 0 Å². The van der Waals surface area contributed by atoms with E-state index in [1.54, 1.807) is 19.1 Å². The molecule has 2 aromatic rings. The lowest BCUT2D eigenvalue weighted by molar-refractivity contribution is -0.122. The van der Waals surface area contributed by atoms with Crippen LogP contribution in [0.5, 0.6) is 5.75 Å². The van der Waals surface area contributed by atoms with Gasteiger partial charge in [0.15, 0.2) is 6.10 Å². The number of rotatable bonds is 4. The minimum absolute atomic E-state index is 0.236. The van der Waals surface area contributed by atoms with E-state index in [0.29, 0.717) is 16.5 Å². The number of para-hydroxylation sites is 1. The van der Waals surface area contributed by atoms with Gasteiger partial charge in [-0.15, -0.1) is 0 Å². The molecule has 0 heterocycles. The van der Waals surface area contributed by atoms with Crippen LogP contribution >= 0.6 is 11.6 Å². The van der Waals surface area contributed by atoms with Crippen LogP contribution in [0.3, 0.4) is 0 Å². The Balaban J connectivity index is 2.01. The van der Waals surface area contributed by atoms with Gasteiger partial charge in [0.2, 0.25) is 0 Å². The Morgan fingerprint density at radius 2 is 1.90 bits per heavy atom. The average molecular weight is 290 g/mol. The van der Waals surface area contributed by atoms with Crippen molar-refractivity contribution in [3.8, 4) is 5.75 Å². The number of ether oxygens (including phenoxy) is 1.